The summed E-state index contributed by atoms with van der Waals surface area (Å²) in [6.07, 6.45) is 1.13. The number of nitrogens with one attached hydrogen (secondary N) is 1. The molecule has 0 aromatic heterocycles. The number of carbonyl (C=O) groups excluding carboxylic acids is 1. The zero-order valence-corrected chi connectivity index (χ0v) is 6.58. The summed E-state index contributed by atoms with van der Waals surface area (Å²) in [6.45, 7) is 0. The van der Waals surface area contributed by atoms with Crippen LogP contribution in [0.3, 0.4) is 0 Å². The molecule has 1 unspecified atom stereocenters. The summed E-state index contributed by atoms with van der Waals surface area (Å²) < 4.78 is 0. The van der Waals surface area contributed by atoms with Crippen LogP contribution in [-0.4, -0.2) is 11.9 Å². The van der Waals surface area contributed by atoms with Gasteiger partial charge in [0.15, 0.2) is 0 Å². The lowest BCUT2D eigenvalue weighted by Crippen LogP contribution is -2.31. The van der Waals surface area contributed by atoms with E-state index in [-0.39, 0.29) is 5.91 Å². The van der Waals surface area contributed by atoms with E-state index in [0.29, 0.717) is 12.0 Å². The number of benzene rings is 1. The molecule has 0 radical (unpaired) electrons. The number of amides is 1. The van der Waals surface area contributed by atoms with E-state index >= 15 is 0 Å². The summed E-state index contributed by atoms with van der Waals surface area (Å²) >= 11 is 0. The first-order valence-corrected chi connectivity index (χ1v) is 4.26. The van der Waals surface area contributed by atoms with Crippen molar-refractivity contribution < 1.29 is 4.79 Å². The smallest absolute Gasteiger partial charge is 0.251 e. The summed E-state index contributed by atoms with van der Waals surface area (Å²) in [7, 11) is 0. The average molecular weight is 159 g/mol. The largest absolute Gasteiger partial charge is 0.349 e. The molecule has 1 aromatic carbocycles. The number of hydrogen-bond donors (Lipinski definition) is 1. The predicted molar refractivity (Wildman–Crippen MR) is 45.1 cm³/mol. The Morgan fingerprint density at radius 2 is 2.17 bits per heavy atom. The van der Waals surface area contributed by atoms with E-state index in [2.05, 4.69) is 11.4 Å². The third-order valence-corrected chi connectivity index (χ3v) is 2.71. The molecule has 2 nitrogen and oxygen atoms in total. The first-order chi connectivity index (χ1) is 5.86. The minimum absolute atomic E-state index is 0.101. The van der Waals surface area contributed by atoms with Crippen molar-refractivity contribution in [2.75, 3.05) is 0 Å². The van der Waals surface area contributed by atoms with Crippen molar-refractivity contribution in [3.63, 3.8) is 0 Å². The molecule has 2 aliphatic rings. The van der Waals surface area contributed by atoms with Gasteiger partial charge < -0.3 is 5.32 Å². The van der Waals surface area contributed by atoms with Crippen LogP contribution >= 0.6 is 0 Å². The molecular formula is C10H9NO. The average Bonchev–Trinajstić information content (AvgIpc) is 2.84. The third kappa shape index (κ3) is 0.670. The van der Waals surface area contributed by atoms with Gasteiger partial charge in [-0.15, -0.1) is 0 Å². The molecule has 1 aliphatic carbocycles. The van der Waals surface area contributed by atoms with E-state index < -0.39 is 0 Å². The Morgan fingerprint density at radius 3 is 3.08 bits per heavy atom. The Kier molecular flexibility index (Phi) is 0.980. The molecule has 0 bridgehead atoms. The van der Waals surface area contributed by atoms with Crippen molar-refractivity contribution in [3.8, 4) is 0 Å². The van der Waals surface area contributed by atoms with Crippen molar-refractivity contribution in [2.45, 2.75) is 18.4 Å². The van der Waals surface area contributed by atoms with E-state index in [1.165, 1.54) is 5.56 Å². The minimum Gasteiger partial charge on any atom is -0.349 e. The van der Waals surface area contributed by atoms with Crippen LogP contribution in [0.1, 0.15) is 28.3 Å². The Hall–Kier alpha value is -1.31. The molecule has 1 N–H and O–H groups in total. The van der Waals surface area contributed by atoms with Gasteiger partial charge in [0.05, 0.1) is 0 Å². The summed E-state index contributed by atoms with van der Waals surface area (Å²) in [5.41, 5.74) is 2.11. The van der Waals surface area contributed by atoms with Crippen LogP contribution in [0.15, 0.2) is 24.3 Å². The summed E-state index contributed by atoms with van der Waals surface area (Å²) in [4.78, 5) is 11.4. The van der Waals surface area contributed by atoms with Gasteiger partial charge in [-0.2, -0.15) is 0 Å². The fraction of sp³-hybridized carbons (Fsp3) is 0.300. The molecule has 1 fully saturated rings. The van der Waals surface area contributed by atoms with Crippen LogP contribution in [0.2, 0.25) is 0 Å². The van der Waals surface area contributed by atoms with Gasteiger partial charge in [-0.3, -0.25) is 4.79 Å². The van der Waals surface area contributed by atoms with Gasteiger partial charge in [0.1, 0.15) is 0 Å². The van der Waals surface area contributed by atoms with Crippen LogP contribution in [0, 0.1) is 0 Å². The zero-order valence-electron chi connectivity index (χ0n) is 6.58. The van der Waals surface area contributed by atoms with Gasteiger partial charge in [0.25, 0.3) is 5.91 Å². The molecule has 0 saturated heterocycles. The molecule has 1 aliphatic heterocycles. The van der Waals surface area contributed by atoms with Gasteiger partial charge >= 0.3 is 0 Å². The normalized spacial score (nSPS) is 30.2. The molecule has 2 heteroatoms. The molecule has 1 saturated carbocycles. The highest BCUT2D eigenvalue weighted by Gasteiger charge is 2.44. The van der Waals surface area contributed by atoms with E-state index in [1.54, 1.807) is 0 Å². The molecule has 12 heavy (non-hydrogen) atoms. The highest BCUT2D eigenvalue weighted by Crippen LogP contribution is 2.44. The van der Waals surface area contributed by atoms with E-state index in [1.807, 2.05) is 18.2 Å². The maximum atomic E-state index is 11.4. The zero-order chi connectivity index (χ0) is 8.13. The fourth-order valence-electron chi connectivity index (χ4n) is 1.97. The Balaban J connectivity index is 2.21. The maximum absolute atomic E-state index is 11.4. The molecule has 0 spiro atoms. The molecule has 1 heterocycles. The van der Waals surface area contributed by atoms with Gasteiger partial charge in [-0.1, -0.05) is 18.2 Å². The van der Waals surface area contributed by atoms with Crippen molar-refractivity contribution in [3.05, 3.63) is 35.4 Å². The Labute approximate surface area is 70.6 Å². The van der Waals surface area contributed by atoms with Crippen molar-refractivity contribution in [1.82, 2.24) is 5.32 Å². The summed E-state index contributed by atoms with van der Waals surface area (Å²) in [5.74, 6) is 0.711. The quantitative estimate of drug-likeness (QED) is 0.607. The first-order valence-electron chi connectivity index (χ1n) is 4.26. The molecule has 1 amide bonds. The van der Waals surface area contributed by atoms with E-state index in [9.17, 15) is 4.79 Å². The lowest BCUT2D eigenvalue weighted by molar-refractivity contribution is 0.0944. The van der Waals surface area contributed by atoms with Crippen LogP contribution in [0.5, 0.6) is 0 Å². The number of fused-ring (bicyclic) bond motifs is 3. The summed E-state index contributed by atoms with van der Waals surface area (Å²) in [5, 5.41) is 2.97. The first kappa shape index (κ1) is 6.23. The van der Waals surface area contributed by atoms with Gasteiger partial charge in [-0.05, 0) is 18.1 Å². The van der Waals surface area contributed by atoms with Crippen LogP contribution in [0.4, 0.5) is 0 Å². The lowest BCUT2D eigenvalue weighted by Gasteiger charge is -2.14. The number of rotatable bonds is 0. The highest BCUT2D eigenvalue weighted by molar-refractivity contribution is 5.98. The SMILES string of the molecule is O=C1NC2C[C@@H]2c2ccccc21. The Bertz CT molecular complexity index is 359. The van der Waals surface area contributed by atoms with Crippen molar-refractivity contribution in [1.29, 1.82) is 0 Å². The highest BCUT2D eigenvalue weighted by atomic mass is 16.1. The monoisotopic (exact) mass is 159 g/mol. The summed E-state index contributed by atoms with van der Waals surface area (Å²) in [6, 6.07) is 8.33. The molecule has 1 aromatic rings. The predicted octanol–water partition coefficient (Wildman–Crippen LogP) is 1.29. The van der Waals surface area contributed by atoms with E-state index in [0.717, 1.165) is 12.0 Å². The molecular weight excluding hydrogens is 150 g/mol. The fourth-order valence-corrected chi connectivity index (χ4v) is 1.97. The second kappa shape index (κ2) is 1.89. The second-order valence-corrected chi connectivity index (χ2v) is 3.51. The Morgan fingerprint density at radius 1 is 1.33 bits per heavy atom. The van der Waals surface area contributed by atoms with Gasteiger partial charge in [0.2, 0.25) is 0 Å². The molecule has 2 atom stereocenters. The standard InChI is InChI=1S/C10H9NO/c12-10-7-4-2-1-3-6(7)8-5-9(8)11-10/h1-4,8-9H,5H2,(H,11,12)/t8-,9?/m1/s1. The van der Waals surface area contributed by atoms with E-state index in [4.69, 9.17) is 0 Å². The maximum Gasteiger partial charge on any atom is 0.251 e. The number of hydrogen-bond acceptors (Lipinski definition) is 1. The van der Waals surface area contributed by atoms with Crippen LogP contribution in [-0.2, 0) is 0 Å². The molecule has 60 valence electrons. The van der Waals surface area contributed by atoms with Crippen LogP contribution in [0.25, 0.3) is 0 Å². The van der Waals surface area contributed by atoms with Crippen LogP contribution < -0.4 is 5.32 Å². The lowest BCUT2D eigenvalue weighted by atomic mass is 10.00. The second-order valence-electron chi connectivity index (χ2n) is 3.51. The molecule has 3 rings (SSSR count). The van der Waals surface area contributed by atoms with Crippen molar-refractivity contribution >= 4 is 5.91 Å². The van der Waals surface area contributed by atoms with Gasteiger partial charge in [-0.25, -0.2) is 0 Å². The van der Waals surface area contributed by atoms with Crippen molar-refractivity contribution in [2.24, 2.45) is 0 Å². The number of carbonyl (C=O) groups is 1. The topological polar surface area (TPSA) is 29.1 Å². The van der Waals surface area contributed by atoms with Gasteiger partial charge in [0, 0.05) is 17.5 Å². The minimum atomic E-state index is 0.101. The third-order valence-electron chi connectivity index (χ3n) is 2.71.